The third-order valence-electron chi connectivity index (χ3n) is 6.33. The summed E-state index contributed by atoms with van der Waals surface area (Å²) in [5, 5.41) is 0. The Bertz CT molecular complexity index is 580. The zero-order valence-corrected chi connectivity index (χ0v) is 13.9. The quantitative estimate of drug-likeness (QED) is 0.745. The molecule has 2 unspecified atom stereocenters. The third kappa shape index (κ3) is 2.85. The van der Waals surface area contributed by atoms with Crippen LogP contribution in [-0.4, -0.2) is 25.6 Å². The van der Waals surface area contributed by atoms with Crippen molar-refractivity contribution in [1.29, 1.82) is 0 Å². The molecular formula is C20H26O3. The summed E-state index contributed by atoms with van der Waals surface area (Å²) in [5.74, 6) is 1.66. The van der Waals surface area contributed by atoms with Gasteiger partial charge in [-0.2, -0.15) is 0 Å². The Morgan fingerprint density at radius 3 is 2.70 bits per heavy atom. The first-order chi connectivity index (χ1) is 11.1. The average Bonchev–Trinajstić information content (AvgIpc) is 2.54. The second-order valence-electron chi connectivity index (χ2n) is 8.20. The van der Waals surface area contributed by atoms with E-state index < -0.39 is 0 Å². The third-order valence-corrected chi connectivity index (χ3v) is 6.33. The molecule has 1 aromatic rings. The summed E-state index contributed by atoms with van der Waals surface area (Å²) in [5.41, 5.74) is 2.26. The van der Waals surface area contributed by atoms with Crippen LogP contribution in [0.25, 0.3) is 0 Å². The zero-order valence-electron chi connectivity index (χ0n) is 13.9. The molecule has 0 radical (unpaired) electrons. The van der Waals surface area contributed by atoms with E-state index in [0.717, 1.165) is 42.3 Å². The highest BCUT2D eigenvalue weighted by molar-refractivity contribution is 5.74. The molecule has 4 aliphatic rings. The zero-order chi connectivity index (χ0) is 15.9. The number of carbonyl (C=O) groups excluding carboxylic acids is 1. The molecule has 0 heterocycles. The van der Waals surface area contributed by atoms with E-state index in [9.17, 15) is 4.79 Å². The van der Waals surface area contributed by atoms with Crippen molar-refractivity contribution in [3.8, 4) is 0 Å². The maximum absolute atomic E-state index is 10.9. The van der Waals surface area contributed by atoms with E-state index in [-0.39, 0.29) is 5.60 Å². The van der Waals surface area contributed by atoms with Crippen molar-refractivity contribution in [1.82, 2.24) is 0 Å². The summed E-state index contributed by atoms with van der Waals surface area (Å²) in [6, 6.07) is 7.71. The first-order valence-electron chi connectivity index (χ1n) is 8.81. The van der Waals surface area contributed by atoms with Gasteiger partial charge in [0, 0.05) is 12.7 Å². The lowest BCUT2D eigenvalue weighted by Gasteiger charge is -2.61. The molecular weight excluding hydrogens is 288 g/mol. The fraction of sp³-hybridized carbons (Fsp3) is 0.650. The molecule has 23 heavy (non-hydrogen) atoms. The molecule has 4 fully saturated rings. The van der Waals surface area contributed by atoms with E-state index in [1.165, 1.54) is 32.1 Å². The molecule has 0 aromatic heterocycles. The molecule has 3 nitrogen and oxygen atoms in total. The SMILES string of the molecule is COC12CC3CC(CC(COCc4cccc(C=O)c4)(C3)C1)C2. The molecule has 0 amide bonds. The van der Waals surface area contributed by atoms with E-state index in [0.29, 0.717) is 12.0 Å². The largest absolute Gasteiger partial charge is 0.378 e. The minimum atomic E-state index is 0.130. The molecule has 0 saturated heterocycles. The Labute approximate surface area is 138 Å². The Morgan fingerprint density at radius 1 is 1.22 bits per heavy atom. The van der Waals surface area contributed by atoms with Gasteiger partial charge in [-0.05, 0) is 67.4 Å². The summed E-state index contributed by atoms with van der Waals surface area (Å²) >= 11 is 0. The molecule has 3 heteroatoms. The van der Waals surface area contributed by atoms with E-state index in [4.69, 9.17) is 9.47 Å². The highest BCUT2D eigenvalue weighted by atomic mass is 16.5. The van der Waals surface area contributed by atoms with E-state index in [1.807, 2.05) is 31.4 Å². The summed E-state index contributed by atoms with van der Waals surface area (Å²) < 4.78 is 12.1. The Morgan fingerprint density at radius 2 is 2.00 bits per heavy atom. The molecule has 4 bridgehead atoms. The first kappa shape index (κ1) is 15.3. The van der Waals surface area contributed by atoms with Gasteiger partial charge in [-0.3, -0.25) is 4.79 Å². The van der Waals surface area contributed by atoms with Gasteiger partial charge >= 0.3 is 0 Å². The van der Waals surface area contributed by atoms with E-state index >= 15 is 0 Å². The molecule has 124 valence electrons. The Kier molecular flexibility index (Phi) is 3.81. The smallest absolute Gasteiger partial charge is 0.150 e. The molecule has 4 aliphatic carbocycles. The predicted molar refractivity (Wildman–Crippen MR) is 88.3 cm³/mol. The molecule has 0 aliphatic heterocycles. The second kappa shape index (κ2) is 5.71. The monoisotopic (exact) mass is 314 g/mol. The number of hydrogen-bond acceptors (Lipinski definition) is 3. The van der Waals surface area contributed by atoms with Crippen LogP contribution in [0.1, 0.15) is 54.4 Å². The van der Waals surface area contributed by atoms with Gasteiger partial charge in [0.1, 0.15) is 6.29 Å². The van der Waals surface area contributed by atoms with Crippen LogP contribution in [-0.2, 0) is 16.1 Å². The second-order valence-corrected chi connectivity index (χ2v) is 8.20. The number of benzene rings is 1. The lowest BCUT2D eigenvalue weighted by Crippen LogP contribution is -2.57. The van der Waals surface area contributed by atoms with E-state index in [2.05, 4.69) is 0 Å². The van der Waals surface area contributed by atoms with Crippen LogP contribution in [0.2, 0.25) is 0 Å². The van der Waals surface area contributed by atoms with Crippen molar-refractivity contribution in [3.05, 3.63) is 35.4 Å². The van der Waals surface area contributed by atoms with Gasteiger partial charge in [0.25, 0.3) is 0 Å². The number of carbonyl (C=O) groups is 1. The lowest BCUT2D eigenvalue weighted by molar-refractivity contribution is -0.195. The fourth-order valence-corrected chi connectivity index (χ4v) is 5.91. The lowest BCUT2D eigenvalue weighted by atomic mass is 9.48. The van der Waals surface area contributed by atoms with Crippen LogP contribution >= 0.6 is 0 Å². The number of rotatable bonds is 6. The van der Waals surface area contributed by atoms with Crippen LogP contribution in [0.4, 0.5) is 0 Å². The topological polar surface area (TPSA) is 35.5 Å². The molecule has 4 saturated carbocycles. The molecule has 2 atom stereocenters. The maximum Gasteiger partial charge on any atom is 0.150 e. The van der Waals surface area contributed by atoms with Gasteiger partial charge in [-0.15, -0.1) is 0 Å². The Balaban J connectivity index is 1.41. The highest BCUT2D eigenvalue weighted by Gasteiger charge is 2.58. The van der Waals surface area contributed by atoms with Crippen LogP contribution in [0, 0.1) is 17.3 Å². The van der Waals surface area contributed by atoms with Gasteiger partial charge in [0.15, 0.2) is 0 Å². The minimum Gasteiger partial charge on any atom is -0.378 e. The van der Waals surface area contributed by atoms with Crippen LogP contribution in [0.3, 0.4) is 0 Å². The normalized spacial score (nSPS) is 38.0. The van der Waals surface area contributed by atoms with Crippen molar-refractivity contribution in [2.75, 3.05) is 13.7 Å². The highest BCUT2D eigenvalue weighted by Crippen LogP contribution is 2.62. The first-order valence-corrected chi connectivity index (χ1v) is 8.81. The number of hydrogen-bond donors (Lipinski definition) is 0. The van der Waals surface area contributed by atoms with Crippen LogP contribution in [0.15, 0.2) is 24.3 Å². The fourth-order valence-electron chi connectivity index (χ4n) is 5.91. The number of aldehydes is 1. The van der Waals surface area contributed by atoms with Crippen molar-refractivity contribution in [3.63, 3.8) is 0 Å². The molecule has 1 aromatic carbocycles. The van der Waals surface area contributed by atoms with Gasteiger partial charge in [-0.1, -0.05) is 18.2 Å². The minimum absolute atomic E-state index is 0.130. The Hall–Kier alpha value is -1.19. The molecule has 0 N–H and O–H groups in total. The van der Waals surface area contributed by atoms with Crippen molar-refractivity contribution >= 4 is 6.29 Å². The number of ether oxygens (including phenoxy) is 2. The van der Waals surface area contributed by atoms with Gasteiger partial charge in [0.05, 0.1) is 18.8 Å². The number of methoxy groups -OCH3 is 1. The van der Waals surface area contributed by atoms with Crippen molar-refractivity contribution in [2.45, 2.75) is 50.7 Å². The predicted octanol–water partition coefficient (Wildman–Crippen LogP) is 4.00. The average molecular weight is 314 g/mol. The van der Waals surface area contributed by atoms with Crippen LogP contribution < -0.4 is 0 Å². The van der Waals surface area contributed by atoms with Gasteiger partial charge in [0.2, 0.25) is 0 Å². The standard InChI is InChI=1S/C20H26O3/c1-22-20-9-17-6-18(10-20)8-19(7-17,13-20)14-23-12-16-4-2-3-15(5-16)11-21/h2-5,11,17-18H,6-10,12-14H2,1H3. The maximum atomic E-state index is 10.9. The summed E-state index contributed by atoms with van der Waals surface area (Å²) in [4.78, 5) is 10.9. The summed E-state index contributed by atoms with van der Waals surface area (Å²) in [6.45, 7) is 1.43. The summed E-state index contributed by atoms with van der Waals surface area (Å²) in [6.07, 6.45) is 8.58. The summed E-state index contributed by atoms with van der Waals surface area (Å²) in [7, 11) is 1.90. The van der Waals surface area contributed by atoms with Crippen molar-refractivity contribution < 1.29 is 14.3 Å². The molecule has 0 spiro atoms. The molecule has 5 rings (SSSR count). The van der Waals surface area contributed by atoms with Gasteiger partial charge < -0.3 is 9.47 Å². The van der Waals surface area contributed by atoms with E-state index in [1.54, 1.807) is 0 Å². The van der Waals surface area contributed by atoms with Crippen molar-refractivity contribution in [2.24, 2.45) is 17.3 Å². The van der Waals surface area contributed by atoms with Gasteiger partial charge in [-0.25, -0.2) is 0 Å². The van der Waals surface area contributed by atoms with Crippen LogP contribution in [0.5, 0.6) is 0 Å².